The number of methoxy groups -OCH3 is 1. The van der Waals surface area contributed by atoms with E-state index in [1.807, 2.05) is 24.3 Å². The van der Waals surface area contributed by atoms with Crippen LogP contribution in [0.1, 0.15) is 41.3 Å². The van der Waals surface area contributed by atoms with Gasteiger partial charge in [-0.1, -0.05) is 37.3 Å². The molecule has 0 saturated heterocycles. The molecule has 3 aliphatic rings. The molecule has 0 amide bonds. The average molecular weight is 600 g/mol. The summed E-state index contributed by atoms with van der Waals surface area (Å²) in [5.41, 5.74) is 2.95. The second-order valence-corrected chi connectivity index (χ2v) is 11.4. The van der Waals surface area contributed by atoms with Crippen molar-refractivity contribution >= 4 is 11.9 Å². The number of hydrogen-bond acceptors (Lipinski definition) is 10. The smallest absolute Gasteiger partial charge is 0.338 e. The lowest BCUT2D eigenvalue weighted by Gasteiger charge is -2.39. The maximum absolute atomic E-state index is 12.6. The second-order valence-electron chi connectivity index (χ2n) is 11.4. The highest BCUT2D eigenvalue weighted by Crippen LogP contribution is 2.55. The number of aliphatic hydroxyl groups is 4. The Morgan fingerprint density at radius 3 is 2.47 bits per heavy atom. The summed E-state index contributed by atoms with van der Waals surface area (Å²) < 4.78 is 18.0. The van der Waals surface area contributed by atoms with Gasteiger partial charge in [0.15, 0.2) is 17.6 Å². The highest BCUT2D eigenvalue weighted by atomic mass is 16.6. The van der Waals surface area contributed by atoms with Crippen LogP contribution >= 0.6 is 0 Å². The topological polar surface area (TPSA) is 166 Å². The van der Waals surface area contributed by atoms with Crippen molar-refractivity contribution in [2.24, 2.45) is 5.92 Å². The van der Waals surface area contributed by atoms with Gasteiger partial charge < -0.3 is 44.6 Å². The number of carbonyl (C=O) groups is 2. The predicted octanol–water partition coefficient (Wildman–Crippen LogP) is 1.54. The Bertz CT molecular complexity index is 1300. The SMILES string of the molecule is COc1ccc2c3c1OC1C[C@@H](OC(=O)c4ccccc4)C=C[C@@]31CCN(C)CC2.C[C@H](CO)[C@@H](O)[C@H](O)[C@@H](O)C(=O)O. The minimum absolute atomic E-state index is 0.0763. The minimum atomic E-state index is -2.04. The number of ether oxygens (including phenoxy) is 3. The molecule has 5 rings (SSSR count). The summed E-state index contributed by atoms with van der Waals surface area (Å²) in [4.78, 5) is 25.1. The molecule has 1 unspecified atom stereocenters. The molecule has 0 aromatic heterocycles. The first-order valence-corrected chi connectivity index (χ1v) is 14.4. The molecule has 1 spiro atoms. The molecule has 1 aliphatic carbocycles. The molecule has 0 fully saturated rings. The van der Waals surface area contributed by atoms with Crippen molar-refractivity contribution < 1.29 is 49.3 Å². The molecule has 0 bridgehead atoms. The molecule has 7 atom stereocenters. The van der Waals surface area contributed by atoms with Crippen LogP contribution in [-0.2, 0) is 21.4 Å². The Hall–Kier alpha value is -3.48. The van der Waals surface area contributed by atoms with Crippen LogP contribution < -0.4 is 9.47 Å². The average Bonchev–Trinajstić information content (AvgIpc) is 3.35. The number of hydrogen-bond donors (Lipinski definition) is 5. The maximum Gasteiger partial charge on any atom is 0.338 e. The van der Waals surface area contributed by atoms with E-state index in [4.69, 9.17) is 34.6 Å². The van der Waals surface area contributed by atoms with Crippen molar-refractivity contribution in [1.82, 2.24) is 4.90 Å². The first-order chi connectivity index (χ1) is 20.5. The van der Waals surface area contributed by atoms with Crippen LogP contribution in [0.4, 0.5) is 0 Å². The predicted molar refractivity (Wildman–Crippen MR) is 156 cm³/mol. The van der Waals surface area contributed by atoms with E-state index < -0.39 is 36.8 Å². The van der Waals surface area contributed by atoms with E-state index in [9.17, 15) is 14.7 Å². The van der Waals surface area contributed by atoms with Gasteiger partial charge in [-0.05, 0) is 56.3 Å². The third-order valence-corrected chi connectivity index (χ3v) is 8.52. The van der Waals surface area contributed by atoms with Gasteiger partial charge in [0, 0.05) is 31.1 Å². The second kappa shape index (κ2) is 13.9. The van der Waals surface area contributed by atoms with Gasteiger partial charge in [0.1, 0.15) is 18.3 Å². The third-order valence-electron chi connectivity index (χ3n) is 8.52. The van der Waals surface area contributed by atoms with Crippen LogP contribution in [0.2, 0.25) is 0 Å². The monoisotopic (exact) mass is 599 g/mol. The molecular formula is C32H41NO10. The molecule has 11 heteroatoms. The van der Waals surface area contributed by atoms with Gasteiger partial charge in [-0.25, -0.2) is 9.59 Å². The van der Waals surface area contributed by atoms with Crippen molar-refractivity contribution in [1.29, 1.82) is 0 Å². The Kier molecular flexibility index (Phi) is 10.5. The first kappa shape index (κ1) is 32.4. The Balaban J connectivity index is 0.000000277. The van der Waals surface area contributed by atoms with Crippen molar-refractivity contribution in [3.63, 3.8) is 0 Å². The molecule has 2 aliphatic heterocycles. The Labute approximate surface area is 250 Å². The summed E-state index contributed by atoms with van der Waals surface area (Å²) >= 11 is 0. The summed E-state index contributed by atoms with van der Waals surface area (Å²) in [6.45, 7) is 3.04. The zero-order valence-electron chi connectivity index (χ0n) is 24.6. The van der Waals surface area contributed by atoms with Crippen LogP contribution in [0.15, 0.2) is 54.6 Å². The number of rotatable bonds is 8. The van der Waals surface area contributed by atoms with Gasteiger partial charge in [-0.15, -0.1) is 0 Å². The molecule has 2 aromatic carbocycles. The van der Waals surface area contributed by atoms with E-state index in [0.717, 1.165) is 37.4 Å². The number of nitrogens with zero attached hydrogens (tertiary/aromatic N) is 1. The van der Waals surface area contributed by atoms with Crippen molar-refractivity contribution in [2.75, 3.05) is 33.9 Å². The van der Waals surface area contributed by atoms with Gasteiger partial charge in [0.05, 0.1) is 24.2 Å². The van der Waals surface area contributed by atoms with Gasteiger partial charge in [-0.2, -0.15) is 0 Å². The quantitative estimate of drug-likeness (QED) is 0.221. The van der Waals surface area contributed by atoms with Crippen LogP contribution in [-0.4, -0.2) is 107 Å². The molecule has 11 nitrogen and oxygen atoms in total. The number of carboxylic acid groups (broad SMARTS) is 1. The summed E-state index contributed by atoms with van der Waals surface area (Å²) in [5, 5.41) is 43.9. The molecule has 2 heterocycles. The summed E-state index contributed by atoms with van der Waals surface area (Å²) in [6.07, 6.45) is 1.21. The number of esters is 1. The maximum atomic E-state index is 12.6. The van der Waals surface area contributed by atoms with E-state index >= 15 is 0 Å². The lowest BCUT2D eigenvalue weighted by molar-refractivity contribution is -0.160. The highest BCUT2D eigenvalue weighted by molar-refractivity contribution is 5.89. The van der Waals surface area contributed by atoms with E-state index in [1.165, 1.54) is 18.1 Å². The zero-order chi connectivity index (χ0) is 31.3. The molecule has 2 aromatic rings. The zero-order valence-corrected chi connectivity index (χ0v) is 24.6. The summed E-state index contributed by atoms with van der Waals surface area (Å²) in [6, 6.07) is 13.3. The van der Waals surface area contributed by atoms with Crippen LogP contribution in [0, 0.1) is 5.92 Å². The minimum Gasteiger partial charge on any atom is -0.493 e. The van der Waals surface area contributed by atoms with Crippen molar-refractivity contribution in [3.8, 4) is 11.5 Å². The first-order valence-electron chi connectivity index (χ1n) is 14.4. The number of carbonyl (C=O) groups excluding carboxylic acids is 1. The van der Waals surface area contributed by atoms with Crippen molar-refractivity contribution in [2.45, 2.75) is 62.1 Å². The number of likely N-dealkylation sites (N-methyl/N-ethyl adjacent to an activating group) is 1. The lowest BCUT2D eigenvalue weighted by Crippen LogP contribution is -2.46. The van der Waals surface area contributed by atoms with E-state index in [2.05, 4.69) is 30.2 Å². The Morgan fingerprint density at radius 2 is 1.81 bits per heavy atom. The number of aliphatic carboxylic acids is 1. The Morgan fingerprint density at radius 1 is 1.09 bits per heavy atom. The van der Waals surface area contributed by atoms with Gasteiger partial charge in [0.2, 0.25) is 0 Å². The standard InChI is InChI=1S/C25H27NO4.C7H14O6/c1-26-14-11-17-8-9-20(28-2)23-22(17)25(13-15-26)12-10-19(16-21(25)30-23)29-24(27)18-6-4-3-5-7-18;1-3(2-8)4(9)5(10)6(11)7(12)13/h3-10,12,19,21H,11,13-16H2,1-2H3;3-6,8-11H,2H2,1H3,(H,12,13)/t19-,21?,25-;3-,4-,5+,6-/m01/s1. The van der Waals surface area contributed by atoms with Crippen LogP contribution in [0.5, 0.6) is 11.5 Å². The van der Waals surface area contributed by atoms with Crippen LogP contribution in [0.3, 0.4) is 0 Å². The fraction of sp³-hybridized carbons (Fsp3) is 0.500. The van der Waals surface area contributed by atoms with Crippen molar-refractivity contribution in [3.05, 3.63) is 71.3 Å². The number of benzene rings is 2. The highest BCUT2D eigenvalue weighted by Gasteiger charge is 2.52. The fourth-order valence-corrected chi connectivity index (χ4v) is 5.84. The number of aliphatic hydroxyl groups excluding tert-OH is 4. The largest absolute Gasteiger partial charge is 0.493 e. The van der Waals surface area contributed by atoms with E-state index in [-0.39, 0.29) is 23.6 Å². The molecule has 43 heavy (non-hydrogen) atoms. The molecule has 0 radical (unpaired) electrons. The fourth-order valence-electron chi connectivity index (χ4n) is 5.84. The van der Waals surface area contributed by atoms with Crippen LogP contribution in [0.25, 0.3) is 0 Å². The normalized spacial score (nSPS) is 25.2. The third kappa shape index (κ3) is 6.86. The summed E-state index contributed by atoms with van der Waals surface area (Å²) in [5.74, 6) is -0.958. The van der Waals surface area contributed by atoms with E-state index in [1.54, 1.807) is 19.2 Å². The summed E-state index contributed by atoms with van der Waals surface area (Å²) in [7, 11) is 3.86. The molecule has 0 saturated carbocycles. The molecular weight excluding hydrogens is 558 g/mol. The van der Waals surface area contributed by atoms with Gasteiger partial charge in [-0.3, -0.25) is 0 Å². The lowest BCUT2D eigenvalue weighted by atomic mass is 9.67. The van der Waals surface area contributed by atoms with E-state index in [0.29, 0.717) is 12.0 Å². The molecule has 234 valence electrons. The molecule has 5 N–H and O–H groups in total. The van der Waals surface area contributed by atoms with Gasteiger partial charge >= 0.3 is 11.9 Å². The van der Waals surface area contributed by atoms with Gasteiger partial charge in [0.25, 0.3) is 0 Å². The number of carboxylic acids is 1.